The third-order valence-corrected chi connectivity index (χ3v) is 7.71. The van der Waals surface area contributed by atoms with Gasteiger partial charge in [-0.05, 0) is 86.6 Å². The molecule has 0 saturated carbocycles. The average Bonchev–Trinajstić information content (AvgIpc) is 3.38. The molecule has 1 aliphatic rings. The van der Waals surface area contributed by atoms with Crippen LogP contribution in [0.4, 0.5) is 5.69 Å². The van der Waals surface area contributed by atoms with Gasteiger partial charge < -0.3 is 20.1 Å². The third kappa shape index (κ3) is 5.33. The van der Waals surface area contributed by atoms with Crippen molar-refractivity contribution in [3.05, 3.63) is 112 Å². The van der Waals surface area contributed by atoms with E-state index in [1.807, 2.05) is 48.7 Å². The van der Waals surface area contributed by atoms with Gasteiger partial charge in [-0.15, -0.1) is 0 Å². The number of hydrogen-bond acceptors (Lipinski definition) is 3. The molecular formula is C29H29Cl2N5S. The number of pyridine rings is 1. The van der Waals surface area contributed by atoms with E-state index in [2.05, 4.69) is 63.2 Å². The fraction of sp³-hybridized carbons (Fsp3) is 0.241. The Morgan fingerprint density at radius 2 is 1.78 bits per heavy atom. The van der Waals surface area contributed by atoms with E-state index < -0.39 is 0 Å². The summed E-state index contributed by atoms with van der Waals surface area (Å²) in [6.07, 6.45) is 2.77. The monoisotopic (exact) mass is 549 g/mol. The van der Waals surface area contributed by atoms with Gasteiger partial charge in [-0.3, -0.25) is 4.98 Å². The van der Waals surface area contributed by atoms with Crippen LogP contribution in [-0.2, 0) is 0 Å². The lowest BCUT2D eigenvalue weighted by molar-refractivity contribution is 0.315. The van der Waals surface area contributed by atoms with Crippen LogP contribution in [-0.4, -0.2) is 32.7 Å². The minimum atomic E-state index is -0.0644. The molecule has 190 valence electrons. The van der Waals surface area contributed by atoms with Crippen LogP contribution in [0.25, 0.3) is 5.69 Å². The van der Waals surface area contributed by atoms with Gasteiger partial charge in [-0.1, -0.05) is 47.5 Å². The predicted molar refractivity (Wildman–Crippen MR) is 157 cm³/mol. The summed E-state index contributed by atoms with van der Waals surface area (Å²) in [5, 5.41) is 9.05. The molecule has 5 nitrogen and oxygen atoms in total. The summed E-state index contributed by atoms with van der Waals surface area (Å²) in [5.41, 5.74) is 6.41. The number of thiocarbonyl (C=S) groups is 1. The van der Waals surface area contributed by atoms with Gasteiger partial charge in [0.25, 0.3) is 0 Å². The Bertz CT molecular complexity index is 1390. The quantitative estimate of drug-likeness (QED) is 0.179. The van der Waals surface area contributed by atoms with Crippen molar-refractivity contribution in [2.75, 3.05) is 18.4 Å². The number of benzene rings is 2. The highest BCUT2D eigenvalue weighted by atomic mass is 35.5. The molecule has 37 heavy (non-hydrogen) atoms. The highest BCUT2D eigenvalue weighted by Gasteiger charge is 2.41. The van der Waals surface area contributed by atoms with Gasteiger partial charge >= 0.3 is 0 Å². The smallest absolute Gasteiger partial charge is 0.170 e. The fourth-order valence-corrected chi connectivity index (χ4v) is 5.97. The van der Waals surface area contributed by atoms with Crippen LogP contribution in [0, 0.1) is 13.8 Å². The van der Waals surface area contributed by atoms with Crippen molar-refractivity contribution in [1.82, 2.24) is 19.8 Å². The molecule has 8 heteroatoms. The first kappa shape index (κ1) is 25.6. The number of nitrogens with one attached hydrogen (secondary N) is 2. The van der Waals surface area contributed by atoms with Crippen LogP contribution in [0.15, 0.2) is 79.0 Å². The zero-order chi connectivity index (χ0) is 25.9. The van der Waals surface area contributed by atoms with Crippen LogP contribution in [0.2, 0.25) is 10.0 Å². The number of anilines is 1. The average molecular weight is 551 g/mol. The number of hydrogen-bond donors (Lipinski definition) is 2. The molecule has 1 saturated heterocycles. The Kier molecular flexibility index (Phi) is 7.70. The van der Waals surface area contributed by atoms with Crippen molar-refractivity contribution in [1.29, 1.82) is 0 Å². The first-order chi connectivity index (χ1) is 17.9. The highest BCUT2D eigenvalue weighted by Crippen LogP contribution is 2.42. The van der Waals surface area contributed by atoms with E-state index in [1.54, 1.807) is 6.07 Å². The van der Waals surface area contributed by atoms with Gasteiger partial charge in [-0.2, -0.15) is 0 Å². The number of para-hydroxylation sites is 1. The van der Waals surface area contributed by atoms with E-state index in [0.717, 1.165) is 53.1 Å². The maximum Gasteiger partial charge on any atom is 0.170 e. The number of aryl methyl sites for hydroxylation is 1. The van der Waals surface area contributed by atoms with Crippen LogP contribution in [0.1, 0.15) is 41.1 Å². The Hall–Kier alpha value is -3.06. The number of aromatic nitrogens is 2. The van der Waals surface area contributed by atoms with Gasteiger partial charge in [0, 0.05) is 41.4 Å². The van der Waals surface area contributed by atoms with Crippen molar-refractivity contribution < 1.29 is 0 Å². The largest absolute Gasteiger partial charge is 0.385 e. The van der Waals surface area contributed by atoms with Gasteiger partial charge in [0.15, 0.2) is 5.11 Å². The van der Waals surface area contributed by atoms with Gasteiger partial charge in [0.2, 0.25) is 0 Å². The highest BCUT2D eigenvalue weighted by molar-refractivity contribution is 7.80. The van der Waals surface area contributed by atoms with E-state index in [1.165, 1.54) is 5.56 Å². The molecule has 0 bridgehead atoms. The molecule has 1 aliphatic heterocycles. The second kappa shape index (κ2) is 11.1. The standard InChI is InChI=1S/C29H29Cl2N5S/c1-19-17-23(20(2)36(19)26-13-12-21(30)18-24(26)31)28-27(25-11-6-7-14-33-25)34-29(37)35(28)16-8-15-32-22-9-4-3-5-10-22/h3-7,9-14,17-18,27-28,32H,8,15-16H2,1-2H3,(H,34,37). The summed E-state index contributed by atoms with van der Waals surface area (Å²) in [6.45, 7) is 5.90. The van der Waals surface area contributed by atoms with Crippen LogP contribution >= 0.6 is 35.4 Å². The Morgan fingerprint density at radius 3 is 2.51 bits per heavy atom. The molecule has 3 heterocycles. The first-order valence-corrected chi connectivity index (χ1v) is 13.5. The Balaban J connectivity index is 1.47. The minimum Gasteiger partial charge on any atom is -0.385 e. The number of halogens is 2. The molecule has 0 radical (unpaired) electrons. The van der Waals surface area contributed by atoms with Crippen molar-refractivity contribution >= 4 is 46.2 Å². The van der Waals surface area contributed by atoms with Crippen molar-refractivity contribution in [2.45, 2.75) is 32.4 Å². The van der Waals surface area contributed by atoms with Crippen molar-refractivity contribution in [2.24, 2.45) is 0 Å². The Morgan fingerprint density at radius 1 is 1.00 bits per heavy atom. The fourth-order valence-electron chi connectivity index (χ4n) is 5.14. The van der Waals surface area contributed by atoms with Crippen LogP contribution in [0.3, 0.4) is 0 Å². The molecule has 2 aromatic carbocycles. The third-order valence-electron chi connectivity index (χ3n) is 6.82. The van der Waals surface area contributed by atoms with Crippen molar-refractivity contribution in [3.8, 4) is 5.69 Å². The number of nitrogens with zero attached hydrogens (tertiary/aromatic N) is 3. The lowest BCUT2D eigenvalue weighted by Gasteiger charge is -2.28. The topological polar surface area (TPSA) is 45.1 Å². The molecule has 0 aliphatic carbocycles. The van der Waals surface area contributed by atoms with Gasteiger partial charge in [0.05, 0.1) is 28.5 Å². The maximum atomic E-state index is 6.62. The zero-order valence-corrected chi connectivity index (χ0v) is 23.1. The van der Waals surface area contributed by atoms with E-state index in [4.69, 9.17) is 35.4 Å². The van der Waals surface area contributed by atoms with Crippen LogP contribution in [0.5, 0.6) is 0 Å². The molecule has 2 N–H and O–H groups in total. The molecule has 4 aromatic rings. The molecular weight excluding hydrogens is 521 g/mol. The first-order valence-electron chi connectivity index (χ1n) is 12.4. The number of rotatable bonds is 8. The Labute approximate surface area is 233 Å². The minimum absolute atomic E-state index is 0.00912. The molecule has 0 spiro atoms. The predicted octanol–water partition coefficient (Wildman–Crippen LogP) is 7.27. The molecule has 2 unspecified atom stereocenters. The SMILES string of the molecule is Cc1cc(C2C(c3ccccn3)NC(=S)N2CCCNc2ccccc2)c(C)n1-c1ccc(Cl)cc1Cl. The van der Waals surface area contributed by atoms with Crippen molar-refractivity contribution in [3.63, 3.8) is 0 Å². The zero-order valence-electron chi connectivity index (χ0n) is 20.8. The van der Waals surface area contributed by atoms with E-state index in [0.29, 0.717) is 10.0 Å². The molecule has 0 amide bonds. The summed E-state index contributed by atoms with van der Waals surface area (Å²) in [7, 11) is 0. The molecule has 2 aromatic heterocycles. The van der Waals surface area contributed by atoms with Gasteiger partial charge in [0.1, 0.15) is 0 Å². The van der Waals surface area contributed by atoms with E-state index in [-0.39, 0.29) is 12.1 Å². The normalized spacial score (nSPS) is 17.2. The maximum absolute atomic E-state index is 6.62. The molecule has 5 rings (SSSR count). The molecule has 1 fully saturated rings. The lowest BCUT2D eigenvalue weighted by Crippen LogP contribution is -2.31. The molecule has 2 atom stereocenters. The second-order valence-corrected chi connectivity index (χ2v) is 10.5. The van der Waals surface area contributed by atoms with Gasteiger partial charge in [-0.25, -0.2) is 0 Å². The summed E-state index contributed by atoms with van der Waals surface area (Å²) >= 11 is 18.7. The van der Waals surface area contributed by atoms with E-state index >= 15 is 0 Å². The second-order valence-electron chi connectivity index (χ2n) is 9.22. The van der Waals surface area contributed by atoms with E-state index in [9.17, 15) is 0 Å². The van der Waals surface area contributed by atoms with Crippen LogP contribution < -0.4 is 10.6 Å². The summed E-state index contributed by atoms with van der Waals surface area (Å²) in [6, 6.07) is 24.1. The summed E-state index contributed by atoms with van der Waals surface area (Å²) in [4.78, 5) is 6.98. The summed E-state index contributed by atoms with van der Waals surface area (Å²) in [5.74, 6) is 0. The summed E-state index contributed by atoms with van der Waals surface area (Å²) < 4.78 is 2.19. The lowest BCUT2D eigenvalue weighted by atomic mass is 9.96.